The largest absolute Gasteiger partial charge is 0.335 e. The first-order valence-electron chi connectivity index (χ1n) is 19.0. The number of benzene rings is 3. The molecule has 2 nitrogen and oxygen atoms in total. The highest BCUT2D eigenvalue weighted by atomic mass is 15.2. The lowest BCUT2D eigenvalue weighted by atomic mass is 9.27. The zero-order valence-corrected chi connectivity index (χ0v) is 33.1. The van der Waals surface area contributed by atoms with Gasteiger partial charge in [0.1, 0.15) is 0 Å². The first-order valence-corrected chi connectivity index (χ1v) is 19.0. The summed E-state index contributed by atoms with van der Waals surface area (Å²) in [5.41, 5.74) is 15.7. The predicted molar refractivity (Wildman–Crippen MR) is 219 cm³/mol. The molecule has 0 fully saturated rings. The van der Waals surface area contributed by atoms with Crippen LogP contribution in [0, 0.1) is 17.8 Å². The van der Waals surface area contributed by atoms with Crippen molar-refractivity contribution < 1.29 is 0 Å². The Labute approximate surface area is 304 Å². The molecule has 7 rings (SSSR count). The van der Waals surface area contributed by atoms with Gasteiger partial charge in [0.05, 0.1) is 12.1 Å². The van der Waals surface area contributed by atoms with E-state index in [2.05, 4.69) is 191 Å². The minimum atomic E-state index is 0.0728. The topological polar surface area (TPSA) is 6.48 Å². The van der Waals surface area contributed by atoms with Gasteiger partial charge in [0, 0.05) is 22.7 Å². The van der Waals surface area contributed by atoms with Crippen LogP contribution in [0.15, 0.2) is 108 Å². The fourth-order valence-corrected chi connectivity index (χ4v) is 8.79. The number of rotatable bonds is 2. The van der Waals surface area contributed by atoms with E-state index in [9.17, 15) is 0 Å². The number of fused-ring (bicyclic) bond motifs is 4. The number of allylic oxidation sites excluding steroid dienone is 4. The summed E-state index contributed by atoms with van der Waals surface area (Å²) in [7, 11) is 0. The van der Waals surface area contributed by atoms with Crippen molar-refractivity contribution in [2.75, 3.05) is 9.80 Å². The third-order valence-electron chi connectivity index (χ3n) is 11.7. The van der Waals surface area contributed by atoms with Gasteiger partial charge in [-0.05, 0) is 111 Å². The molecule has 260 valence electrons. The monoisotopic (exact) mass is 662 g/mol. The summed E-state index contributed by atoms with van der Waals surface area (Å²) in [6.45, 7) is 30.6. The van der Waals surface area contributed by atoms with Crippen LogP contribution in [-0.2, 0) is 10.8 Å². The van der Waals surface area contributed by atoms with Crippen LogP contribution in [0.1, 0.15) is 106 Å². The van der Waals surface area contributed by atoms with E-state index in [0.717, 1.165) is 6.42 Å². The summed E-state index contributed by atoms with van der Waals surface area (Å²) in [5.74, 6) is 0.309. The van der Waals surface area contributed by atoms with Crippen molar-refractivity contribution in [3.63, 3.8) is 0 Å². The smallest absolute Gasteiger partial charge is 0.221 e. The summed E-state index contributed by atoms with van der Waals surface area (Å²) >= 11 is 0. The number of hydrogen-bond donors (Lipinski definition) is 0. The molecule has 3 atom stereocenters. The summed E-state index contributed by atoms with van der Waals surface area (Å²) in [6, 6.07) is 24.4. The van der Waals surface area contributed by atoms with Crippen molar-refractivity contribution in [1.29, 1.82) is 0 Å². The van der Waals surface area contributed by atoms with E-state index in [4.69, 9.17) is 0 Å². The molecule has 0 spiro atoms. The molecule has 0 amide bonds. The lowest BCUT2D eigenvalue weighted by Crippen LogP contribution is -2.61. The van der Waals surface area contributed by atoms with E-state index in [1.54, 1.807) is 5.47 Å². The van der Waals surface area contributed by atoms with Gasteiger partial charge in [-0.3, -0.25) is 0 Å². The van der Waals surface area contributed by atoms with Crippen LogP contribution in [-0.4, -0.2) is 18.8 Å². The van der Waals surface area contributed by atoms with Crippen molar-refractivity contribution in [3.05, 3.63) is 124 Å². The van der Waals surface area contributed by atoms with Crippen LogP contribution >= 0.6 is 0 Å². The Morgan fingerprint density at radius 2 is 1.12 bits per heavy atom. The van der Waals surface area contributed by atoms with Crippen molar-refractivity contribution >= 4 is 34.9 Å². The molecule has 4 aliphatic rings. The predicted octanol–water partition coefficient (Wildman–Crippen LogP) is 12.1. The van der Waals surface area contributed by atoms with E-state index in [1.807, 2.05) is 0 Å². The first-order chi connectivity index (χ1) is 23.2. The maximum absolute atomic E-state index is 2.70. The standard InChI is InChI=1S/C47H59BN2/c1-30-26-41-43-42(27-30)50(36-22-16-32(17-23-36)45(5,6)7)40-25-19-34(47(11,12)13)29-38(40)48(43)37-28-33(46(8,9)10)18-24-39(37)49(41)35-20-14-31(15-21-35)44(2,3)4/h14-24,26-29,37,39-40H,25H2,1-13H3. The molecule has 0 N–H and O–H groups in total. The number of anilines is 4. The summed E-state index contributed by atoms with van der Waals surface area (Å²) in [5, 5.41) is 0. The van der Waals surface area contributed by atoms with E-state index >= 15 is 0 Å². The van der Waals surface area contributed by atoms with Crippen LogP contribution in [0.3, 0.4) is 0 Å². The third-order valence-corrected chi connectivity index (χ3v) is 11.7. The molecule has 0 saturated heterocycles. The molecule has 2 aliphatic carbocycles. The average molecular weight is 663 g/mol. The lowest BCUT2D eigenvalue weighted by Gasteiger charge is -2.54. The van der Waals surface area contributed by atoms with Crippen LogP contribution < -0.4 is 15.3 Å². The van der Waals surface area contributed by atoms with Crippen molar-refractivity contribution in [3.8, 4) is 0 Å². The van der Waals surface area contributed by atoms with Gasteiger partial charge in [-0.1, -0.05) is 143 Å². The van der Waals surface area contributed by atoms with E-state index in [-0.39, 0.29) is 33.7 Å². The minimum absolute atomic E-state index is 0.0728. The highest BCUT2D eigenvalue weighted by Gasteiger charge is 2.52. The second kappa shape index (κ2) is 11.7. The fourth-order valence-electron chi connectivity index (χ4n) is 8.79. The van der Waals surface area contributed by atoms with Gasteiger partial charge in [-0.2, -0.15) is 0 Å². The molecule has 0 radical (unpaired) electrons. The Morgan fingerprint density at radius 1 is 0.620 bits per heavy atom. The molecular weight excluding hydrogens is 603 g/mol. The highest BCUT2D eigenvalue weighted by Crippen LogP contribution is 2.52. The molecule has 0 bridgehead atoms. The van der Waals surface area contributed by atoms with E-state index in [1.165, 1.54) is 56.0 Å². The van der Waals surface area contributed by atoms with Gasteiger partial charge in [0.2, 0.25) is 6.71 Å². The van der Waals surface area contributed by atoms with Crippen LogP contribution in [0.25, 0.3) is 0 Å². The number of hydrogen-bond acceptors (Lipinski definition) is 2. The van der Waals surface area contributed by atoms with Crippen LogP contribution in [0.5, 0.6) is 0 Å². The zero-order chi connectivity index (χ0) is 36.1. The molecule has 3 aromatic rings. The van der Waals surface area contributed by atoms with Gasteiger partial charge in [-0.15, -0.1) is 0 Å². The van der Waals surface area contributed by atoms with Gasteiger partial charge >= 0.3 is 0 Å². The number of aryl methyl sites for hydroxylation is 1. The summed E-state index contributed by atoms with van der Waals surface area (Å²) in [6.07, 6.45) is 13.8. The molecule has 50 heavy (non-hydrogen) atoms. The van der Waals surface area contributed by atoms with Gasteiger partial charge in [0.25, 0.3) is 0 Å². The molecule has 0 saturated carbocycles. The van der Waals surface area contributed by atoms with Gasteiger partial charge < -0.3 is 9.80 Å². The Balaban J connectivity index is 1.52. The quantitative estimate of drug-likeness (QED) is 0.252. The molecule has 2 aliphatic heterocycles. The van der Waals surface area contributed by atoms with Crippen molar-refractivity contribution in [1.82, 2.24) is 0 Å². The zero-order valence-electron chi connectivity index (χ0n) is 33.1. The maximum atomic E-state index is 2.70. The van der Waals surface area contributed by atoms with Crippen molar-refractivity contribution in [2.24, 2.45) is 10.8 Å². The summed E-state index contributed by atoms with van der Waals surface area (Å²) < 4.78 is 0. The normalized spacial score (nSPS) is 22.0. The Bertz CT molecular complexity index is 1920. The Hall–Kier alpha value is -3.72. The molecule has 3 heteroatoms. The Morgan fingerprint density at radius 3 is 1.62 bits per heavy atom. The molecule has 2 heterocycles. The lowest BCUT2D eigenvalue weighted by molar-refractivity contribution is 0.507. The van der Waals surface area contributed by atoms with Crippen LogP contribution in [0.2, 0.25) is 5.82 Å². The number of nitrogens with zero attached hydrogens (tertiary/aromatic N) is 2. The maximum Gasteiger partial charge on any atom is 0.221 e. The molecule has 3 unspecified atom stereocenters. The van der Waals surface area contributed by atoms with Gasteiger partial charge in [0.15, 0.2) is 0 Å². The molecular formula is C47H59BN2. The fraction of sp³-hybridized carbons (Fsp3) is 0.447. The van der Waals surface area contributed by atoms with Crippen LogP contribution in [0.4, 0.5) is 22.7 Å². The van der Waals surface area contributed by atoms with E-state index in [0.29, 0.717) is 12.5 Å². The third kappa shape index (κ3) is 5.93. The first kappa shape index (κ1) is 34.7. The Kier molecular flexibility index (Phi) is 8.09. The van der Waals surface area contributed by atoms with Crippen molar-refractivity contribution in [2.45, 2.75) is 125 Å². The second-order valence-corrected chi connectivity index (χ2v) is 19.6. The summed E-state index contributed by atoms with van der Waals surface area (Å²) in [4.78, 5) is 5.38. The molecule has 3 aromatic carbocycles. The van der Waals surface area contributed by atoms with Gasteiger partial charge in [-0.25, -0.2) is 0 Å². The highest BCUT2D eigenvalue weighted by molar-refractivity contribution is 6.85. The molecule has 0 aromatic heterocycles. The SMILES string of the molecule is Cc1cc2c3c(c1)N(c1ccc(C(C)(C)C)cc1)C1C=CC(C(C)(C)C)=CC1B3C1=CC(C(C)(C)C)=CCC1N2c1ccc(C(C)(C)C)cc1. The van der Waals surface area contributed by atoms with E-state index < -0.39 is 0 Å². The minimum Gasteiger partial charge on any atom is -0.335 e. The second-order valence-electron chi connectivity index (χ2n) is 19.6. The average Bonchev–Trinajstić information content (AvgIpc) is 3.02.